The quantitative estimate of drug-likeness (QED) is 0.695. The maximum Gasteiger partial charge on any atom is 0.270 e. The average molecular weight is 380 g/mol. The summed E-state index contributed by atoms with van der Waals surface area (Å²) in [6, 6.07) is 5.53. The Kier molecular flexibility index (Phi) is 4.49. The molecule has 0 fully saturated rings. The topological polar surface area (TPSA) is 85.4 Å². The second-order valence-electron chi connectivity index (χ2n) is 7.84. The molecule has 0 aromatic carbocycles. The third kappa shape index (κ3) is 2.98. The van der Waals surface area contributed by atoms with Crippen LogP contribution in [0.1, 0.15) is 54.0 Å². The molecule has 8 heteroatoms. The first-order valence-corrected chi connectivity index (χ1v) is 9.54. The van der Waals surface area contributed by atoms with Crippen molar-refractivity contribution >= 4 is 11.6 Å². The lowest BCUT2D eigenvalue weighted by Gasteiger charge is -2.35. The molecule has 0 radical (unpaired) electrons. The van der Waals surface area contributed by atoms with E-state index in [-0.39, 0.29) is 23.1 Å². The van der Waals surface area contributed by atoms with Gasteiger partial charge in [0.25, 0.3) is 11.5 Å². The Hall–Kier alpha value is -3.03. The minimum absolute atomic E-state index is 0.0831. The van der Waals surface area contributed by atoms with Crippen LogP contribution in [-0.4, -0.2) is 41.5 Å². The van der Waals surface area contributed by atoms with E-state index in [1.165, 1.54) is 10.6 Å². The Morgan fingerprint density at radius 2 is 2.04 bits per heavy atom. The van der Waals surface area contributed by atoms with Crippen LogP contribution in [0.2, 0.25) is 0 Å². The molecule has 3 aromatic rings. The van der Waals surface area contributed by atoms with Crippen molar-refractivity contribution in [2.45, 2.75) is 46.7 Å². The standard InChI is InChI=1S/C20H24N6O2/c1-12(2)8-15-10-24(11-18-23-22-14(4)26(15)18)19(27)16-9-21-17-7-5-6-13(3)25(17)20(16)28/h5-7,9,12,15H,8,10-11H2,1-4H3/t15-/m0/s1. The monoisotopic (exact) mass is 380 g/mol. The Morgan fingerprint density at radius 1 is 1.25 bits per heavy atom. The second-order valence-corrected chi connectivity index (χ2v) is 7.84. The molecule has 4 heterocycles. The highest BCUT2D eigenvalue weighted by molar-refractivity contribution is 5.93. The van der Waals surface area contributed by atoms with E-state index in [0.717, 1.165) is 23.8 Å². The summed E-state index contributed by atoms with van der Waals surface area (Å²) in [7, 11) is 0. The Labute approximate surface area is 162 Å². The van der Waals surface area contributed by atoms with Crippen molar-refractivity contribution in [3.8, 4) is 0 Å². The summed E-state index contributed by atoms with van der Waals surface area (Å²) >= 11 is 0. The lowest BCUT2D eigenvalue weighted by molar-refractivity contribution is 0.0658. The van der Waals surface area contributed by atoms with Crippen LogP contribution in [-0.2, 0) is 6.54 Å². The fourth-order valence-corrected chi connectivity index (χ4v) is 4.04. The molecule has 1 aliphatic rings. The van der Waals surface area contributed by atoms with Crippen LogP contribution in [0.5, 0.6) is 0 Å². The van der Waals surface area contributed by atoms with Crippen LogP contribution in [0.15, 0.2) is 29.2 Å². The third-order valence-corrected chi connectivity index (χ3v) is 5.25. The number of aromatic nitrogens is 5. The molecule has 146 valence electrons. The zero-order valence-corrected chi connectivity index (χ0v) is 16.6. The lowest BCUT2D eigenvalue weighted by atomic mass is 10.0. The summed E-state index contributed by atoms with van der Waals surface area (Å²) in [4.78, 5) is 32.2. The van der Waals surface area contributed by atoms with Crippen molar-refractivity contribution in [3.05, 3.63) is 57.7 Å². The Balaban J connectivity index is 1.73. The van der Waals surface area contributed by atoms with Gasteiger partial charge in [0.05, 0.1) is 12.6 Å². The number of fused-ring (bicyclic) bond motifs is 2. The third-order valence-electron chi connectivity index (χ3n) is 5.25. The number of amides is 1. The molecule has 0 spiro atoms. The van der Waals surface area contributed by atoms with Gasteiger partial charge in [0.2, 0.25) is 0 Å². The highest BCUT2D eigenvalue weighted by Gasteiger charge is 2.32. The molecule has 0 saturated heterocycles. The maximum absolute atomic E-state index is 13.2. The number of pyridine rings is 1. The van der Waals surface area contributed by atoms with Crippen molar-refractivity contribution < 1.29 is 4.79 Å². The number of nitrogens with zero attached hydrogens (tertiary/aromatic N) is 6. The van der Waals surface area contributed by atoms with E-state index in [4.69, 9.17) is 0 Å². The summed E-state index contributed by atoms with van der Waals surface area (Å²) < 4.78 is 3.61. The summed E-state index contributed by atoms with van der Waals surface area (Å²) in [5.74, 6) is 1.77. The van der Waals surface area contributed by atoms with Crippen LogP contribution in [0.3, 0.4) is 0 Å². The van der Waals surface area contributed by atoms with Gasteiger partial charge in [0.1, 0.15) is 17.0 Å². The molecular weight excluding hydrogens is 356 g/mol. The van der Waals surface area contributed by atoms with E-state index in [1.807, 2.05) is 26.0 Å². The first-order valence-electron chi connectivity index (χ1n) is 9.54. The average Bonchev–Trinajstić information content (AvgIpc) is 3.02. The minimum atomic E-state index is -0.336. The highest BCUT2D eigenvalue weighted by Crippen LogP contribution is 2.27. The Bertz CT molecular complexity index is 1110. The number of aryl methyl sites for hydroxylation is 2. The normalized spacial score (nSPS) is 16.6. The summed E-state index contributed by atoms with van der Waals surface area (Å²) in [6.07, 6.45) is 2.30. The van der Waals surface area contributed by atoms with Gasteiger partial charge in [0, 0.05) is 18.4 Å². The molecule has 3 aromatic heterocycles. The summed E-state index contributed by atoms with van der Waals surface area (Å²) in [5.41, 5.74) is 1.03. The van der Waals surface area contributed by atoms with Gasteiger partial charge in [0.15, 0.2) is 5.82 Å². The molecular formula is C20H24N6O2. The molecule has 0 saturated carbocycles. The second kappa shape index (κ2) is 6.85. The molecule has 8 nitrogen and oxygen atoms in total. The zero-order valence-electron chi connectivity index (χ0n) is 16.6. The number of hydrogen-bond donors (Lipinski definition) is 0. The van der Waals surface area contributed by atoms with Crippen LogP contribution in [0, 0.1) is 19.8 Å². The van der Waals surface area contributed by atoms with Gasteiger partial charge < -0.3 is 9.47 Å². The molecule has 1 atom stereocenters. The van der Waals surface area contributed by atoms with E-state index in [2.05, 4.69) is 33.6 Å². The van der Waals surface area contributed by atoms with Crippen LogP contribution in [0.4, 0.5) is 0 Å². The van der Waals surface area contributed by atoms with Crippen molar-refractivity contribution in [1.82, 2.24) is 29.0 Å². The van der Waals surface area contributed by atoms with E-state index in [1.54, 1.807) is 11.0 Å². The van der Waals surface area contributed by atoms with Crippen LogP contribution < -0.4 is 5.56 Å². The first-order chi connectivity index (χ1) is 13.4. The summed E-state index contributed by atoms with van der Waals surface area (Å²) in [6.45, 7) is 8.94. The molecule has 0 bridgehead atoms. The number of carbonyl (C=O) groups excluding carboxylic acids is 1. The predicted molar refractivity (Wildman–Crippen MR) is 104 cm³/mol. The smallest absolute Gasteiger partial charge is 0.270 e. The summed E-state index contributed by atoms with van der Waals surface area (Å²) in [5, 5.41) is 8.44. The minimum Gasteiger partial charge on any atom is -0.329 e. The molecule has 4 rings (SSSR count). The number of hydrogen-bond acceptors (Lipinski definition) is 5. The fourth-order valence-electron chi connectivity index (χ4n) is 4.04. The van der Waals surface area contributed by atoms with Gasteiger partial charge in [-0.25, -0.2) is 4.98 Å². The largest absolute Gasteiger partial charge is 0.329 e. The van der Waals surface area contributed by atoms with E-state index in [0.29, 0.717) is 24.7 Å². The van der Waals surface area contributed by atoms with E-state index in [9.17, 15) is 9.59 Å². The van der Waals surface area contributed by atoms with Gasteiger partial charge in [-0.05, 0) is 38.3 Å². The van der Waals surface area contributed by atoms with Gasteiger partial charge in [-0.1, -0.05) is 19.9 Å². The maximum atomic E-state index is 13.2. The fraction of sp³-hybridized carbons (Fsp3) is 0.450. The van der Waals surface area contributed by atoms with Crippen molar-refractivity contribution in [1.29, 1.82) is 0 Å². The van der Waals surface area contributed by atoms with Gasteiger partial charge in [-0.15, -0.1) is 10.2 Å². The predicted octanol–water partition coefficient (Wildman–Crippen LogP) is 2.15. The molecule has 1 amide bonds. The lowest BCUT2D eigenvalue weighted by Crippen LogP contribution is -2.43. The van der Waals surface area contributed by atoms with Crippen molar-refractivity contribution in [3.63, 3.8) is 0 Å². The first kappa shape index (κ1) is 18.3. The Morgan fingerprint density at radius 3 is 2.79 bits per heavy atom. The number of carbonyl (C=O) groups is 1. The van der Waals surface area contributed by atoms with Gasteiger partial charge >= 0.3 is 0 Å². The molecule has 28 heavy (non-hydrogen) atoms. The van der Waals surface area contributed by atoms with E-state index < -0.39 is 0 Å². The van der Waals surface area contributed by atoms with Crippen molar-refractivity contribution in [2.75, 3.05) is 6.54 Å². The highest BCUT2D eigenvalue weighted by atomic mass is 16.2. The molecule has 0 unspecified atom stereocenters. The SMILES string of the molecule is Cc1nnc2n1[C@@H](CC(C)C)CN(C(=O)c1cnc3cccc(C)n3c1=O)C2. The molecule has 0 aliphatic carbocycles. The zero-order chi connectivity index (χ0) is 20.0. The number of rotatable bonds is 3. The van der Waals surface area contributed by atoms with Gasteiger partial charge in [-0.3, -0.25) is 14.0 Å². The van der Waals surface area contributed by atoms with Crippen molar-refractivity contribution in [2.24, 2.45) is 5.92 Å². The van der Waals surface area contributed by atoms with Crippen LogP contribution >= 0.6 is 0 Å². The van der Waals surface area contributed by atoms with E-state index >= 15 is 0 Å². The van der Waals surface area contributed by atoms with Crippen LogP contribution in [0.25, 0.3) is 5.65 Å². The molecule has 1 aliphatic heterocycles. The van der Waals surface area contributed by atoms with Gasteiger partial charge in [-0.2, -0.15) is 0 Å². The molecule has 0 N–H and O–H groups in total.